The molecule has 2 N–H and O–H groups in total. The lowest BCUT2D eigenvalue weighted by Gasteiger charge is -2.34. The van der Waals surface area contributed by atoms with Gasteiger partial charge in [-0.05, 0) is 56.0 Å². The van der Waals surface area contributed by atoms with E-state index in [1.807, 2.05) is 12.1 Å². The highest BCUT2D eigenvalue weighted by Gasteiger charge is 2.27. The average Bonchev–Trinajstić information content (AvgIpc) is 3.23. The first-order valence-corrected chi connectivity index (χ1v) is 12.8. The molecule has 29 heavy (non-hydrogen) atoms. The predicted molar refractivity (Wildman–Crippen MR) is 121 cm³/mol. The molecular weight excluding hydrogens is 384 g/mol. The normalized spacial score (nSPS) is 16.9. The minimum atomic E-state index is -3.14. The molecule has 1 unspecified atom stereocenters. The third kappa shape index (κ3) is 7.30. The molecule has 0 saturated carbocycles. The number of benzene rings is 1. The fraction of sp³-hybridized carbons (Fsp3) is 0.682. The van der Waals surface area contributed by atoms with E-state index >= 15 is 0 Å². The second-order valence-corrected chi connectivity index (χ2v) is 9.95. The van der Waals surface area contributed by atoms with Crippen LogP contribution in [-0.4, -0.2) is 64.8 Å². The van der Waals surface area contributed by atoms with Crippen molar-refractivity contribution >= 4 is 15.8 Å². The number of aliphatic imine (C=N–C) groups is 1. The maximum absolute atomic E-state index is 11.6. The van der Waals surface area contributed by atoms with Crippen LogP contribution < -0.4 is 10.6 Å². The van der Waals surface area contributed by atoms with Gasteiger partial charge in [-0.15, -0.1) is 0 Å². The van der Waals surface area contributed by atoms with E-state index in [4.69, 9.17) is 0 Å². The van der Waals surface area contributed by atoms with E-state index in [0.29, 0.717) is 16.9 Å². The number of likely N-dealkylation sites (tertiary alicyclic amines) is 1. The highest BCUT2D eigenvalue weighted by atomic mass is 32.2. The molecule has 1 heterocycles. The Hall–Kier alpha value is -1.60. The Kier molecular flexibility index (Phi) is 9.43. The molecule has 0 bridgehead atoms. The van der Waals surface area contributed by atoms with Crippen LogP contribution in [-0.2, 0) is 16.3 Å². The third-order valence-corrected chi connectivity index (χ3v) is 7.09. The Labute approximate surface area is 177 Å². The van der Waals surface area contributed by atoms with Crippen LogP contribution in [0.5, 0.6) is 0 Å². The highest BCUT2D eigenvalue weighted by Crippen LogP contribution is 2.22. The quantitative estimate of drug-likeness (QED) is 0.448. The van der Waals surface area contributed by atoms with Crippen molar-refractivity contribution in [2.45, 2.75) is 56.9 Å². The maximum Gasteiger partial charge on any atom is 0.191 e. The first-order chi connectivity index (χ1) is 13.9. The van der Waals surface area contributed by atoms with Crippen molar-refractivity contribution < 1.29 is 8.42 Å². The summed E-state index contributed by atoms with van der Waals surface area (Å²) in [5.74, 6) is 1.53. The molecule has 1 aromatic carbocycles. The second-order valence-electron chi connectivity index (χ2n) is 7.93. The fourth-order valence-electron chi connectivity index (χ4n) is 4.15. The Bertz CT molecular complexity index is 735. The number of hydrogen-bond donors (Lipinski definition) is 2. The van der Waals surface area contributed by atoms with Crippen LogP contribution >= 0.6 is 0 Å². The predicted octanol–water partition coefficient (Wildman–Crippen LogP) is 2.70. The lowest BCUT2D eigenvalue weighted by molar-refractivity contribution is 0.167. The standard InChI is InChI=1S/C22H38N4O2S/c1-5-19(6-2)21(26-15-7-8-16-26)17-25-22(23-3)24-14-13-18-9-11-20(12-10-18)29(4,27)28/h9-12,19,21H,5-8,13-17H2,1-4H3,(H2,23,24,25). The van der Waals surface area contributed by atoms with Gasteiger partial charge < -0.3 is 10.6 Å². The summed E-state index contributed by atoms with van der Waals surface area (Å²) in [4.78, 5) is 7.37. The monoisotopic (exact) mass is 422 g/mol. The van der Waals surface area contributed by atoms with E-state index in [1.165, 1.54) is 45.0 Å². The summed E-state index contributed by atoms with van der Waals surface area (Å²) in [6.07, 6.45) is 7.07. The largest absolute Gasteiger partial charge is 0.356 e. The van der Waals surface area contributed by atoms with Crippen LogP contribution in [0.15, 0.2) is 34.2 Å². The lowest BCUT2D eigenvalue weighted by Crippen LogP contribution is -2.49. The van der Waals surface area contributed by atoms with Crippen molar-refractivity contribution in [3.8, 4) is 0 Å². The van der Waals surface area contributed by atoms with Crippen molar-refractivity contribution in [1.29, 1.82) is 0 Å². The average molecular weight is 423 g/mol. The van der Waals surface area contributed by atoms with Gasteiger partial charge in [0.1, 0.15) is 0 Å². The van der Waals surface area contributed by atoms with Crippen LogP contribution in [0, 0.1) is 5.92 Å². The van der Waals surface area contributed by atoms with Crippen LogP contribution in [0.3, 0.4) is 0 Å². The van der Waals surface area contributed by atoms with Crippen molar-refractivity contribution in [2.75, 3.05) is 39.5 Å². The van der Waals surface area contributed by atoms with Gasteiger partial charge in [0, 0.05) is 32.4 Å². The summed E-state index contributed by atoms with van der Waals surface area (Å²) in [6, 6.07) is 7.66. The van der Waals surface area contributed by atoms with E-state index in [2.05, 4.69) is 34.4 Å². The third-order valence-electron chi connectivity index (χ3n) is 5.96. The molecule has 1 fully saturated rings. The maximum atomic E-state index is 11.6. The Morgan fingerprint density at radius 3 is 2.24 bits per heavy atom. The summed E-state index contributed by atoms with van der Waals surface area (Å²) in [5.41, 5.74) is 1.10. The fourth-order valence-corrected chi connectivity index (χ4v) is 4.78. The van der Waals surface area contributed by atoms with Crippen molar-refractivity contribution in [3.63, 3.8) is 0 Å². The smallest absolute Gasteiger partial charge is 0.191 e. The van der Waals surface area contributed by atoms with Crippen molar-refractivity contribution in [3.05, 3.63) is 29.8 Å². The molecule has 1 aromatic rings. The molecular formula is C22H38N4O2S. The summed E-state index contributed by atoms with van der Waals surface area (Å²) < 4.78 is 23.1. The molecule has 1 aliphatic heterocycles. The SMILES string of the molecule is CCC(CC)C(CNC(=NC)NCCc1ccc(S(C)(=O)=O)cc1)N1CCCC1. The van der Waals surface area contributed by atoms with E-state index in [9.17, 15) is 8.42 Å². The van der Waals surface area contributed by atoms with Crippen molar-refractivity contribution in [2.24, 2.45) is 10.9 Å². The molecule has 164 valence electrons. The summed E-state index contributed by atoms with van der Waals surface area (Å²) in [6.45, 7) is 8.65. The van der Waals surface area contributed by atoms with E-state index in [1.54, 1.807) is 19.2 Å². The zero-order valence-electron chi connectivity index (χ0n) is 18.4. The number of nitrogens with one attached hydrogen (secondary N) is 2. The Morgan fingerprint density at radius 1 is 1.10 bits per heavy atom. The topological polar surface area (TPSA) is 73.8 Å². The van der Waals surface area contributed by atoms with E-state index in [-0.39, 0.29) is 0 Å². The number of rotatable bonds is 10. The zero-order chi connectivity index (χ0) is 21.3. The molecule has 0 aliphatic carbocycles. The molecule has 2 rings (SSSR count). The lowest BCUT2D eigenvalue weighted by atomic mass is 9.93. The van der Waals surface area contributed by atoms with E-state index in [0.717, 1.165) is 31.0 Å². The van der Waals surface area contributed by atoms with Crippen molar-refractivity contribution in [1.82, 2.24) is 15.5 Å². The van der Waals surface area contributed by atoms with Gasteiger partial charge in [0.15, 0.2) is 15.8 Å². The van der Waals surface area contributed by atoms with Gasteiger partial charge in [0.25, 0.3) is 0 Å². The second kappa shape index (κ2) is 11.6. The molecule has 0 aromatic heterocycles. The molecule has 0 spiro atoms. The number of hydrogen-bond acceptors (Lipinski definition) is 4. The molecule has 1 aliphatic rings. The Balaban J connectivity index is 1.84. The molecule has 0 radical (unpaired) electrons. The Morgan fingerprint density at radius 2 is 1.72 bits per heavy atom. The van der Waals surface area contributed by atoms with Crippen LogP contribution in [0.1, 0.15) is 45.1 Å². The summed E-state index contributed by atoms with van der Waals surface area (Å²) in [7, 11) is -1.34. The minimum absolute atomic E-state index is 0.362. The molecule has 0 amide bonds. The first kappa shape index (κ1) is 23.7. The van der Waals surface area contributed by atoms with Gasteiger partial charge in [-0.3, -0.25) is 9.89 Å². The van der Waals surface area contributed by atoms with Gasteiger partial charge in [-0.1, -0.05) is 38.8 Å². The first-order valence-electron chi connectivity index (χ1n) is 10.9. The minimum Gasteiger partial charge on any atom is -0.356 e. The van der Waals surface area contributed by atoms with E-state index < -0.39 is 9.84 Å². The molecule has 1 saturated heterocycles. The van der Waals surface area contributed by atoms with Gasteiger partial charge in [-0.25, -0.2) is 8.42 Å². The highest BCUT2D eigenvalue weighted by molar-refractivity contribution is 7.90. The van der Waals surface area contributed by atoms with Gasteiger partial charge in [0.2, 0.25) is 0 Å². The summed E-state index contributed by atoms with van der Waals surface area (Å²) in [5, 5.41) is 6.91. The van der Waals surface area contributed by atoms with Gasteiger partial charge in [0.05, 0.1) is 4.90 Å². The molecule has 6 nitrogen and oxygen atoms in total. The van der Waals surface area contributed by atoms with Crippen LogP contribution in [0.4, 0.5) is 0 Å². The van der Waals surface area contributed by atoms with Crippen LogP contribution in [0.2, 0.25) is 0 Å². The molecule has 1 atom stereocenters. The number of nitrogens with zero attached hydrogens (tertiary/aromatic N) is 2. The van der Waals surface area contributed by atoms with Gasteiger partial charge in [-0.2, -0.15) is 0 Å². The summed E-state index contributed by atoms with van der Waals surface area (Å²) >= 11 is 0. The molecule has 7 heteroatoms. The van der Waals surface area contributed by atoms with Crippen LogP contribution in [0.25, 0.3) is 0 Å². The number of guanidine groups is 1. The zero-order valence-corrected chi connectivity index (χ0v) is 19.3. The number of sulfone groups is 1. The van der Waals surface area contributed by atoms with Gasteiger partial charge >= 0.3 is 0 Å².